The molecule has 27 heavy (non-hydrogen) atoms. The van der Waals surface area contributed by atoms with Crippen molar-refractivity contribution < 1.29 is 18.8 Å². The first kappa shape index (κ1) is 17.8. The Kier molecular flexibility index (Phi) is 5.25. The molecule has 0 amide bonds. The Bertz CT molecular complexity index is 903. The quantitative estimate of drug-likeness (QED) is 0.655. The monoisotopic (exact) mass is 370 g/mol. The highest BCUT2D eigenvalue weighted by Gasteiger charge is 2.24. The molecule has 0 spiro atoms. The normalized spacial score (nSPS) is 16.0. The van der Waals surface area contributed by atoms with Gasteiger partial charge >= 0.3 is 0 Å². The lowest BCUT2D eigenvalue weighted by molar-refractivity contribution is 0.190. The van der Waals surface area contributed by atoms with Crippen molar-refractivity contribution in [2.45, 2.75) is 25.2 Å². The molecule has 6 heteroatoms. The van der Waals surface area contributed by atoms with Crippen LogP contribution in [0.3, 0.4) is 0 Å². The van der Waals surface area contributed by atoms with E-state index in [4.69, 9.17) is 9.26 Å². The predicted octanol–water partition coefficient (Wildman–Crippen LogP) is 4.32. The first-order chi connectivity index (χ1) is 13.2. The zero-order valence-electron chi connectivity index (χ0n) is 15.1. The fraction of sp³-hybridized carbons (Fsp3) is 0.381. The van der Waals surface area contributed by atoms with Crippen molar-refractivity contribution in [3.8, 4) is 11.5 Å². The van der Waals surface area contributed by atoms with E-state index in [1.54, 1.807) is 24.3 Å². The minimum Gasteiger partial charge on any atom is -0.508 e. The van der Waals surface area contributed by atoms with Crippen LogP contribution in [0.2, 0.25) is 0 Å². The van der Waals surface area contributed by atoms with Crippen LogP contribution >= 0.6 is 0 Å². The average Bonchev–Trinajstić information content (AvgIpc) is 3.09. The number of hydrogen-bond donors (Lipinski definition) is 1. The summed E-state index contributed by atoms with van der Waals surface area (Å²) in [5.41, 5.74) is 1.48. The van der Waals surface area contributed by atoms with Gasteiger partial charge in [-0.2, -0.15) is 0 Å². The molecular formula is C21H23FN2O3. The first-order valence-electron chi connectivity index (χ1n) is 9.38. The van der Waals surface area contributed by atoms with Gasteiger partial charge in [0.2, 0.25) is 0 Å². The average molecular weight is 370 g/mol. The molecule has 0 saturated carbocycles. The van der Waals surface area contributed by atoms with Crippen LogP contribution in [0.4, 0.5) is 4.39 Å². The third-order valence-electron chi connectivity index (χ3n) is 5.14. The van der Waals surface area contributed by atoms with Crippen LogP contribution in [-0.2, 0) is 0 Å². The number of halogens is 1. The second-order valence-corrected chi connectivity index (χ2v) is 7.02. The molecule has 2 aromatic carbocycles. The first-order valence-corrected chi connectivity index (χ1v) is 9.38. The summed E-state index contributed by atoms with van der Waals surface area (Å²) in [5, 5.41) is 14.6. The summed E-state index contributed by atoms with van der Waals surface area (Å²) in [6.07, 6.45) is 2.98. The molecule has 1 aliphatic rings. The topological polar surface area (TPSA) is 58.7 Å². The van der Waals surface area contributed by atoms with E-state index >= 15 is 0 Å². The number of phenolic OH excluding ortho intramolecular Hbond substituents is 1. The molecule has 0 aliphatic carbocycles. The summed E-state index contributed by atoms with van der Waals surface area (Å²) in [5.74, 6) is 0.977. The van der Waals surface area contributed by atoms with Crippen LogP contribution in [-0.4, -0.2) is 41.4 Å². The Labute approximate surface area is 157 Å². The summed E-state index contributed by atoms with van der Waals surface area (Å²) < 4.78 is 24.3. The number of hydrogen-bond acceptors (Lipinski definition) is 5. The standard InChI is InChI=1S/C21H23FN2O3/c22-16-5-6-19-20(13-16)27-23-21(19)15-7-10-24(11-8-15)9-2-12-26-18-4-1-3-17(25)14-18/h1,3-6,13-15,25H,2,7-12H2. The van der Waals surface area contributed by atoms with Crippen molar-refractivity contribution in [2.75, 3.05) is 26.2 Å². The number of phenols is 1. The van der Waals surface area contributed by atoms with E-state index in [2.05, 4.69) is 10.1 Å². The zero-order chi connectivity index (χ0) is 18.6. The van der Waals surface area contributed by atoms with E-state index in [9.17, 15) is 9.50 Å². The molecule has 4 rings (SSSR count). The van der Waals surface area contributed by atoms with Gasteiger partial charge in [0.15, 0.2) is 5.58 Å². The summed E-state index contributed by atoms with van der Waals surface area (Å²) in [6.45, 7) is 3.62. The van der Waals surface area contributed by atoms with Crippen molar-refractivity contribution >= 4 is 11.0 Å². The Hall–Kier alpha value is -2.60. The lowest BCUT2D eigenvalue weighted by Crippen LogP contribution is -2.34. The lowest BCUT2D eigenvalue weighted by atomic mass is 9.91. The second kappa shape index (κ2) is 7.96. The number of ether oxygens (including phenoxy) is 1. The number of piperidine rings is 1. The van der Waals surface area contributed by atoms with Crippen molar-refractivity contribution in [3.63, 3.8) is 0 Å². The predicted molar refractivity (Wildman–Crippen MR) is 101 cm³/mol. The Balaban J connectivity index is 1.24. The fourth-order valence-corrected chi connectivity index (χ4v) is 3.71. The number of aromatic hydroxyl groups is 1. The molecule has 1 N–H and O–H groups in total. The Morgan fingerprint density at radius 1 is 1.19 bits per heavy atom. The summed E-state index contributed by atoms with van der Waals surface area (Å²) >= 11 is 0. The summed E-state index contributed by atoms with van der Waals surface area (Å²) in [6, 6.07) is 11.5. The van der Waals surface area contributed by atoms with Gasteiger partial charge in [-0.3, -0.25) is 0 Å². The van der Waals surface area contributed by atoms with Gasteiger partial charge in [0.1, 0.15) is 17.3 Å². The van der Waals surface area contributed by atoms with Gasteiger partial charge in [-0.25, -0.2) is 4.39 Å². The SMILES string of the molecule is Oc1cccc(OCCCN2CCC(c3noc4cc(F)ccc34)CC2)c1. The van der Waals surface area contributed by atoms with E-state index < -0.39 is 0 Å². The van der Waals surface area contributed by atoms with Crippen LogP contribution in [0, 0.1) is 5.82 Å². The van der Waals surface area contributed by atoms with Crippen LogP contribution < -0.4 is 4.74 Å². The molecule has 5 nitrogen and oxygen atoms in total. The maximum Gasteiger partial charge on any atom is 0.170 e. The fourth-order valence-electron chi connectivity index (χ4n) is 3.71. The highest BCUT2D eigenvalue weighted by Crippen LogP contribution is 2.32. The van der Waals surface area contributed by atoms with Gasteiger partial charge < -0.3 is 19.3 Å². The minimum atomic E-state index is -0.298. The molecule has 142 valence electrons. The van der Waals surface area contributed by atoms with Crippen LogP contribution in [0.25, 0.3) is 11.0 Å². The summed E-state index contributed by atoms with van der Waals surface area (Å²) in [7, 11) is 0. The number of benzene rings is 2. The van der Waals surface area contributed by atoms with Crippen LogP contribution in [0.5, 0.6) is 11.5 Å². The van der Waals surface area contributed by atoms with Gasteiger partial charge in [0.25, 0.3) is 0 Å². The van der Waals surface area contributed by atoms with Crippen molar-refractivity contribution in [1.29, 1.82) is 0 Å². The van der Waals surface area contributed by atoms with Gasteiger partial charge in [-0.1, -0.05) is 11.2 Å². The molecule has 0 unspecified atom stereocenters. The second-order valence-electron chi connectivity index (χ2n) is 7.02. The number of aromatic nitrogens is 1. The molecule has 1 aliphatic heterocycles. The van der Waals surface area contributed by atoms with Gasteiger partial charge in [0, 0.05) is 30.0 Å². The van der Waals surface area contributed by atoms with Gasteiger partial charge in [-0.05, 0) is 56.6 Å². The van der Waals surface area contributed by atoms with Crippen molar-refractivity contribution in [2.24, 2.45) is 0 Å². The maximum absolute atomic E-state index is 13.3. The molecule has 1 fully saturated rings. The zero-order valence-corrected chi connectivity index (χ0v) is 15.1. The van der Waals surface area contributed by atoms with E-state index in [1.807, 2.05) is 6.07 Å². The highest BCUT2D eigenvalue weighted by molar-refractivity contribution is 5.79. The molecule has 0 radical (unpaired) electrons. The molecule has 3 aromatic rings. The Morgan fingerprint density at radius 2 is 2.04 bits per heavy atom. The number of rotatable bonds is 6. The van der Waals surface area contributed by atoms with Gasteiger partial charge in [0.05, 0.1) is 12.3 Å². The third kappa shape index (κ3) is 4.22. The lowest BCUT2D eigenvalue weighted by Gasteiger charge is -2.31. The van der Waals surface area contributed by atoms with E-state index in [0.717, 1.165) is 50.0 Å². The van der Waals surface area contributed by atoms with Crippen molar-refractivity contribution in [3.05, 3.63) is 54.0 Å². The molecule has 0 atom stereocenters. The van der Waals surface area contributed by atoms with Crippen molar-refractivity contribution in [1.82, 2.24) is 10.1 Å². The Morgan fingerprint density at radius 3 is 2.85 bits per heavy atom. The molecule has 1 aromatic heterocycles. The third-order valence-corrected chi connectivity index (χ3v) is 5.14. The van der Waals surface area contributed by atoms with Crippen LogP contribution in [0.15, 0.2) is 47.0 Å². The molecule has 0 bridgehead atoms. The highest BCUT2D eigenvalue weighted by atomic mass is 19.1. The number of fused-ring (bicyclic) bond motifs is 1. The molecule has 2 heterocycles. The van der Waals surface area contributed by atoms with Gasteiger partial charge in [-0.15, -0.1) is 0 Å². The number of likely N-dealkylation sites (tertiary alicyclic amines) is 1. The summed E-state index contributed by atoms with van der Waals surface area (Å²) in [4.78, 5) is 2.43. The maximum atomic E-state index is 13.3. The van der Waals surface area contributed by atoms with E-state index in [1.165, 1.54) is 12.1 Å². The molecule has 1 saturated heterocycles. The largest absolute Gasteiger partial charge is 0.508 e. The van der Waals surface area contributed by atoms with E-state index in [-0.39, 0.29) is 11.6 Å². The smallest absolute Gasteiger partial charge is 0.170 e. The minimum absolute atomic E-state index is 0.220. The van der Waals surface area contributed by atoms with Crippen LogP contribution in [0.1, 0.15) is 30.9 Å². The molecular weight excluding hydrogens is 347 g/mol. The van der Waals surface area contributed by atoms with E-state index in [0.29, 0.717) is 23.9 Å². The number of nitrogens with zero attached hydrogens (tertiary/aromatic N) is 2.